The molecule has 1 amide bonds. The Balaban J connectivity index is 1.73. The Hall–Kier alpha value is -1.01. The van der Waals surface area contributed by atoms with Crippen LogP contribution in [0.1, 0.15) is 32.6 Å². The number of rotatable bonds is 4. The number of hydrogen-bond acceptors (Lipinski definition) is 2. The zero-order valence-electron chi connectivity index (χ0n) is 10.7. The van der Waals surface area contributed by atoms with Gasteiger partial charge in [-0.3, -0.25) is 9.69 Å². The monoisotopic (exact) mass is 234 g/mol. The van der Waals surface area contributed by atoms with Gasteiger partial charge in [0.1, 0.15) is 0 Å². The van der Waals surface area contributed by atoms with Crippen molar-refractivity contribution in [3.05, 3.63) is 0 Å². The van der Waals surface area contributed by atoms with Crippen molar-refractivity contribution in [1.82, 2.24) is 10.2 Å². The summed E-state index contributed by atoms with van der Waals surface area (Å²) >= 11 is 0. The molecule has 2 aliphatic rings. The van der Waals surface area contributed by atoms with Gasteiger partial charge in [-0.2, -0.15) is 0 Å². The maximum atomic E-state index is 12.0. The average Bonchev–Trinajstić information content (AvgIpc) is 3.18. The molecule has 1 aliphatic carbocycles. The normalized spacial score (nSPS) is 24.9. The summed E-state index contributed by atoms with van der Waals surface area (Å²) in [6.07, 6.45) is 4.74. The van der Waals surface area contributed by atoms with Gasteiger partial charge in [-0.15, -0.1) is 5.92 Å². The van der Waals surface area contributed by atoms with E-state index in [0.717, 1.165) is 44.9 Å². The molecule has 0 radical (unpaired) electrons. The predicted molar refractivity (Wildman–Crippen MR) is 68.3 cm³/mol. The number of hydrogen-bond donors (Lipinski definition) is 1. The zero-order valence-corrected chi connectivity index (χ0v) is 10.7. The first-order valence-electron chi connectivity index (χ1n) is 6.69. The Morgan fingerprint density at radius 1 is 1.41 bits per heavy atom. The summed E-state index contributed by atoms with van der Waals surface area (Å²) in [5.74, 6) is 7.20. The van der Waals surface area contributed by atoms with Crippen LogP contribution >= 0.6 is 0 Å². The van der Waals surface area contributed by atoms with Gasteiger partial charge in [-0.05, 0) is 45.1 Å². The third kappa shape index (κ3) is 4.05. The van der Waals surface area contributed by atoms with Gasteiger partial charge in [0.2, 0.25) is 5.91 Å². The summed E-state index contributed by atoms with van der Waals surface area (Å²) in [4.78, 5) is 14.3. The summed E-state index contributed by atoms with van der Waals surface area (Å²) in [6.45, 7) is 5.53. The molecule has 94 valence electrons. The molecule has 1 saturated carbocycles. The van der Waals surface area contributed by atoms with Gasteiger partial charge in [0.05, 0.1) is 12.5 Å². The van der Waals surface area contributed by atoms with Crippen molar-refractivity contribution in [3.8, 4) is 11.8 Å². The Morgan fingerprint density at radius 2 is 2.24 bits per heavy atom. The molecular weight excluding hydrogens is 212 g/mol. The van der Waals surface area contributed by atoms with Gasteiger partial charge < -0.3 is 5.32 Å². The summed E-state index contributed by atoms with van der Waals surface area (Å²) < 4.78 is 0. The molecule has 0 aromatic rings. The molecule has 2 rings (SSSR count). The van der Waals surface area contributed by atoms with Gasteiger partial charge in [0, 0.05) is 13.1 Å². The molecule has 1 N–H and O–H groups in total. The van der Waals surface area contributed by atoms with Crippen molar-refractivity contribution in [2.24, 2.45) is 11.8 Å². The minimum Gasteiger partial charge on any atom is -0.356 e. The van der Waals surface area contributed by atoms with Crippen LogP contribution in [0.4, 0.5) is 0 Å². The summed E-state index contributed by atoms with van der Waals surface area (Å²) in [5, 5.41) is 3.09. The van der Waals surface area contributed by atoms with Crippen molar-refractivity contribution in [1.29, 1.82) is 0 Å². The fraction of sp³-hybridized carbons (Fsp3) is 0.786. The third-order valence-electron chi connectivity index (χ3n) is 3.62. The van der Waals surface area contributed by atoms with Crippen LogP contribution in [0.2, 0.25) is 0 Å². The summed E-state index contributed by atoms with van der Waals surface area (Å²) in [6, 6.07) is 0. The summed E-state index contributed by atoms with van der Waals surface area (Å²) in [5.41, 5.74) is 0. The lowest BCUT2D eigenvalue weighted by molar-refractivity contribution is -0.126. The predicted octanol–water partition coefficient (Wildman–Crippen LogP) is 1.25. The fourth-order valence-corrected chi connectivity index (χ4v) is 2.32. The largest absolute Gasteiger partial charge is 0.356 e. The highest BCUT2D eigenvalue weighted by Crippen LogP contribution is 2.27. The van der Waals surface area contributed by atoms with E-state index in [4.69, 9.17) is 0 Å². The van der Waals surface area contributed by atoms with Crippen LogP contribution < -0.4 is 5.32 Å². The van der Waals surface area contributed by atoms with Crippen molar-refractivity contribution < 1.29 is 4.79 Å². The molecule has 0 unspecified atom stereocenters. The van der Waals surface area contributed by atoms with E-state index in [2.05, 4.69) is 22.1 Å². The molecule has 0 bridgehead atoms. The lowest BCUT2D eigenvalue weighted by Gasteiger charge is -2.30. The van der Waals surface area contributed by atoms with Crippen molar-refractivity contribution in [2.75, 3.05) is 26.2 Å². The Morgan fingerprint density at radius 3 is 2.94 bits per heavy atom. The first-order chi connectivity index (χ1) is 8.29. The van der Waals surface area contributed by atoms with E-state index in [-0.39, 0.29) is 11.8 Å². The highest BCUT2D eigenvalue weighted by atomic mass is 16.1. The van der Waals surface area contributed by atoms with E-state index in [9.17, 15) is 4.79 Å². The van der Waals surface area contributed by atoms with Gasteiger partial charge in [-0.25, -0.2) is 0 Å². The molecule has 0 spiro atoms. The lowest BCUT2D eigenvalue weighted by atomic mass is 9.97. The fourth-order valence-electron chi connectivity index (χ4n) is 2.32. The highest BCUT2D eigenvalue weighted by molar-refractivity contribution is 5.79. The highest BCUT2D eigenvalue weighted by Gasteiger charge is 2.27. The molecule has 3 heteroatoms. The van der Waals surface area contributed by atoms with Crippen LogP contribution in [0.15, 0.2) is 0 Å². The van der Waals surface area contributed by atoms with Crippen LogP contribution in [-0.2, 0) is 4.79 Å². The molecular formula is C14H22N2O. The Bertz CT molecular complexity index is 325. The standard InChI is InChI=1S/C14H22N2O/c1-2-3-8-16-9-4-5-13(11-16)14(17)15-10-12-6-7-12/h12-13H,4-11H2,1H3,(H,15,17)/t13-/m1/s1. The minimum absolute atomic E-state index is 0.182. The number of nitrogens with one attached hydrogen (secondary N) is 1. The quantitative estimate of drug-likeness (QED) is 0.742. The molecule has 1 atom stereocenters. The van der Waals surface area contributed by atoms with Crippen LogP contribution in [0.5, 0.6) is 0 Å². The van der Waals surface area contributed by atoms with Crippen LogP contribution in [0.3, 0.4) is 0 Å². The van der Waals surface area contributed by atoms with Crippen LogP contribution in [0, 0.1) is 23.7 Å². The lowest BCUT2D eigenvalue weighted by Crippen LogP contribution is -2.43. The molecule has 1 aliphatic heterocycles. The van der Waals surface area contributed by atoms with Crippen molar-refractivity contribution in [2.45, 2.75) is 32.6 Å². The molecule has 3 nitrogen and oxygen atoms in total. The number of amides is 1. The molecule has 1 heterocycles. The second-order valence-corrected chi connectivity index (χ2v) is 5.19. The van der Waals surface area contributed by atoms with E-state index < -0.39 is 0 Å². The minimum atomic E-state index is 0.182. The van der Waals surface area contributed by atoms with Gasteiger partial charge in [-0.1, -0.05) is 5.92 Å². The van der Waals surface area contributed by atoms with Gasteiger partial charge in [0.25, 0.3) is 0 Å². The molecule has 2 fully saturated rings. The van der Waals surface area contributed by atoms with Gasteiger partial charge in [0.15, 0.2) is 0 Å². The number of carbonyl (C=O) groups excluding carboxylic acids is 1. The maximum absolute atomic E-state index is 12.0. The molecule has 0 aromatic heterocycles. The maximum Gasteiger partial charge on any atom is 0.224 e. The van der Waals surface area contributed by atoms with Crippen molar-refractivity contribution >= 4 is 5.91 Å². The third-order valence-corrected chi connectivity index (χ3v) is 3.62. The smallest absolute Gasteiger partial charge is 0.224 e. The van der Waals surface area contributed by atoms with E-state index in [1.165, 1.54) is 12.8 Å². The van der Waals surface area contributed by atoms with E-state index in [0.29, 0.717) is 0 Å². The Kier molecular flexibility index (Phi) is 4.44. The topological polar surface area (TPSA) is 32.3 Å². The average molecular weight is 234 g/mol. The molecule has 17 heavy (non-hydrogen) atoms. The van der Waals surface area contributed by atoms with Gasteiger partial charge >= 0.3 is 0 Å². The van der Waals surface area contributed by atoms with Crippen LogP contribution in [-0.4, -0.2) is 37.0 Å². The first-order valence-corrected chi connectivity index (χ1v) is 6.69. The zero-order chi connectivity index (χ0) is 12.1. The van der Waals surface area contributed by atoms with Crippen LogP contribution in [0.25, 0.3) is 0 Å². The van der Waals surface area contributed by atoms with E-state index in [1.54, 1.807) is 0 Å². The van der Waals surface area contributed by atoms with E-state index in [1.807, 2.05) is 6.92 Å². The second kappa shape index (κ2) is 6.07. The first kappa shape index (κ1) is 12.4. The number of piperidine rings is 1. The second-order valence-electron chi connectivity index (χ2n) is 5.19. The Labute approximate surface area is 104 Å². The van der Waals surface area contributed by atoms with E-state index >= 15 is 0 Å². The van der Waals surface area contributed by atoms with Crippen molar-refractivity contribution in [3.63, 3.8) is 0 Å². The number of likely N-dealkylation sites (tertiary alicyclic amines) is 1. The summed E-state index contributed by atoms with van der Waals surface area (Å²) in [7, 11) is 0. The molecule has 1 saturated heterocycles. The molecule has 0 aromatic carbocycles. The SMILES string of the molecule is CC#CCN1CCC[C@@H](C(=O)NCC2CC2)C1. The number of carbonyl (C=O) groups is 1. The number of nitrogens with zero attached hydrogens (tertiary/aromatic N) is 1.